The molecule has 7 nitrogen and oxygen atoms in total. The van der Waals surface area contributed by atoms with Gasteiger partial charge in [-0.15, -0.1) is 0 Å². The van der Waals surface area contributed by atoms with Crippen molar-refractivity contribution in [2.45, 2.75) is 32.4 Å². The van der Waals surface area contributed by atoms with Crippen molar-refractivity contribution < 1.29 is 9.90 Å². The van der Waals surface area contributed by atoms with Crippen LogP contribution in [0.5, 0.6) is 0 Å². The monoisotopic (exact) mass is 272 g/mol. The van der Waals surface area contributed by atoms with Crippen molar-refractivity contribution in [2.75, 3.05) is 0 Å². The topological polar surface area (TPSA) is 101 Å². The lowest BCUT2D eigenvalue weighted by atomic mass is 10.1. The molecule has 1 N–H and O–H groups in total. The van der Waals surface area contributed by atoms with Gasteiger partial charge in [-0.3, -0.25) is 14.2 Å². The molecule has 0 atom stereocenters. The molecule has 0 aliphatic carbocycles. The standard InChI is InChI=1S/C13H12N4O3/c14-5-8-9-3-1-2-4-17(9)12-11(8)15-7-16(13(12)20)6-10(18)19/h7H,1-4,6H2,(H,18,19). The highest BCUT2D eigenvalue weighted by Gasteiger charge is 2.23. The Labute approximate surface area is 113 Å². The minimum atomic E-state index is -1.10. The SMILES string of the molecule is N#Cc1c2n(c3c(=O)n(CC(=O)O)cnc13)CCCC2. The van der Waals surface area contributed by atoms with Crippen molar-refractivity contribution in [3.05, 3.63) is 27.9 Å². The van der Waals surface area contributed by atoms with Gasteiger partial charge in [-0.1, -0.05) is 0 Å². The Bertz CT molecular complexity index is 810. The first-order valence-corrected chi connectivity index (χ1v) is 6.36. The van der Waals surface area contributed by atoms with Crippen LogP contribution in [-0.4, -0.2) is 25.2 Å². The van der Waals surface area contributed by atoms with E-state index >= 15 is 0 Å². The summed E-state index contributed by atoms with van der Waals surface area (Å²) in [6, 6.07) is 2.12. The van der Waals surface area contributed by atoms with Gasteiger partial charge in [0.25, 0.3) is 5.56 Å². The summed E-state index contributed by atoms with van der Waals surface area (Å²) in [4.78, 5) is 27.3. The van der Waals surface area contributed by atoms with E-state index in [1.165, 1.54) is 6.33 Å². The van der Waals surface area contributed by atoms with Gasteiger partial charge in [0.05, 0.1) is 11.9 Å². The maximum absolute atomic E-state index is 12.4. The second-order valence-electron chi connectivity index (χ2n) is 4.81. The van der Waals surface area contributed by atoms with E-state index in [1.807, 2.05) is 4.57 Å². The summed E-state index contributed by atoms with van der Waals surface area (Å²) in [6.07, 6.45) is 3.87. The number of hydrogen-bond acceptors (Lipinski definition) is 4. The van der Waals surface area contributed by atoms with Crippen LogP contribution >= 0.6 is 0 Å². The zero-order valence-corrected chi connectivity index (χ0v) is 10.7. The van der Waals surface area contributed by atoms with Crippen LogP contribution in [0.3, 0.4) is 0 Å². The summed E-state index contributed by atoms with van der Waals surface area (Å²) in [7, 11) is 0. The van der Waals surface area contributed by atoms with Crippen LogP contribution in [-0.2, 0) is 24.3 Å². The fraction of sp³-hybridized carbons (Fsp3) is 0.385. The molecule has 2 aromatic heterocycles. The fourth-order valence-corrected chi connectivity index (χ4v) is 2.76. The van der Waals surface area contributed by atoms with Crippen LogP contribution in [0.25, 0.3) is 11.0 Å². The van der Waals surface area contributed by atoms with Gasteiger partial charge in [0, 0.05) is 12.2 Å². The molecule has 3 rings (SSSR count). The van der Waals surface area contributed by atoms with Gasteiger partial charge in [-0.2, -0.15) is 5.26 Å². The highest BCUT2D eigenvalue weighted by molar-refractivity contribution is 5.83. The van der Waals surface area contributed by atoms with Crippen molar-refractivity contribution >= 4 is 17.0 Å². The van der Waals surface area contributed by atoms with E-state index in [9.17, 15) is 14.9 Å². The molecule has 7 heteroatoms. The molecule has 0 aromatic carbocycles. The fourth-order valence-electron chi connectivity index (χ4n) is 2.76. The molecule has 1 aliphatic rings. The van der Waals surface area contributed by atoms with Gasteiger partial charge in [0.1, 0.15) is 23.6 Å². The van der Waals surface area contributed by atoms with Crippen molar-refractivity contribution in [1.82, 2.24) is 14.1 Å². The van der Waals surface area contributed by atoms with Gasteiger partial charge in [0.15, 0.2) is 0 Å². The highest BCUT2D eigenvalue weighted by atomic mass is 16.4. The maximum atomic E-state index is 12.4. The van der Waals surface area contributed by atoms with E-state index in [0.29, 0.717) is 23.1 Å². The predicted octanol–water partition coefficient (Wildman–Crippen LogP) is 0.491. The summed E-state index contributed by atoms with van der Waals surface area (Å²) in [6.45, 7) is 0.242. The lowest BCUT2D eigenvalue weighted by molar-refractivity contribution is -0.137. The molecular formula is C13H12N4O3. The zero-order valence-electron chi connectivity index (χ0n) is 10.7. The van der Waals surface area contributed by atoms with Crippen LogP contribution < -0.4 is 5.56 Å². The van der Waals surface area contributed by atoms with Crippen LogP contribution in [0.15, 0.2) is 11.1 Å². The number of carbonyl (C=O) groups is 1. The lowest BCUT2D eigenvalue weighted by Gasteiger charge is -2.15. The quantitative estimate of drug-likeness (QED) is 0.857. The van der Waals surface area contributed by atoms with Crippen LogP contribution in [0.2, 0.25) is 0 Å². The van der Waals surface area contributed by atoms with E-state index in [4.69, 9.17) is 5.11 Å². The number of carboxylic acid groups (broad SMARTS) is 1. The van der Waals surface area contributed by atoms with Gasteiger partial charge in [0.2, 0.25) is 0 Å². The van der Waals surface area contributed by atoms with Crippen LogP contribution in [0.4, 0.5) is 0 Å². The molecule has 1 aliphatic heterocycles. The average Bonchev–Trinajstić information content (AvgIpc) is 2.75. The normalized spacial score (nSPS) is 13.9. The largest absolute Gasteiger partial charge is 0.480 e. The first-order chi connectivity index (χ1) is 9.63. The minimum Gasteiger partial charge on any atom is -0.480 e. The van der Waals surface area contributed by atoms with Gasteiger partial charge >= 0.3 is 5.97 Å². The lowest BCUT2D eigenvalue weighted by Crippen LogP contribution is -2.26. The molecule has 3 heterocycles. The molecule has 0 saturated carbocycles. The van der Waals surface area contributed by atoms with E-state index in [2.05, 4.69) is 11.1 Å². The number of nitriles is 1. The summed E-state index contributed by atoms with van der Waals surface area (Å²) in [5.74, 6) is -1.10. The Balaban J connectivity index is 2.35. The number of rotatable bonds is 2. The second kappa shape index (κ2) is 4.49. The molecule has 102 valence electrons. The summed E-state index contributed by atoms with van der Waals surface area (Å²) >= 11 is 0. The molecule has 20 heavy (non-hydrogen) atoms. The van der Waals surface area contributed by atoms with Crippen molar-refractivity contribution in [3.8, 4) is 6.07 Å². The number of fused-ring (bicyclic) bond motifs is 3. The van der Waals surface area contributed by atoms with E-state index < -0.39 is 18.1 Å². The second-order valence-corrected chi connectivity index (χ2v) is 4.81. The van der Waals surface area contributed by atoms with Crippen LogP contribution in [0, 0.1) is 11.3 Å². The zero-order chi connectivity index (χ0) is 14.3. The number of nitrogens with zero attached hydrogens (tertiary/aromatic N) is 4. The average molecular weight is 272 g/mol. The molecular weight excluding hydrogens is 260 g/mol. The van der Waals surface area contributed by atoms with E-state index in [1.54, 1.807) is 0 Å². The summed E-state index contributed by atoms with van der Waals surface area (Å²) in [5.41, 5.74) is 1.61. The number of aromatic nitrogens is 3. The molecule has 0 unspecified atom stereocenters. The van der Waals surface area contributed by atoms with Gasteiger partial charge in [-0.25, -0.2) is 4.98 Å². The van der Waals surface area contributed by atoms with Gasteiger partial charge in [-0.05, 0) is 19.3 Å². The third-order valence-electron chi connectivity index (χ3n) is 3.60. The Morgan fingerprint density at radius 1 is 1.50 bits per heavy atom. The molecule has 2 aromatic rings. The molecule has 0 bridgehead atoms. The Morgan fingerprint density at radius 2 is 2.30 bits per heavy atom. The van der Waals surface area contributed by atoms with Crippen LogP contribution in [0.1, 0.15) is 24.1 Å². The summed E-state index contributed by atoms with van der Waals surface area (Å²) < 4.78 is 2.89. The molecule has 0 amide bonds. The number of hydrogen-bond donors (Lipinski definition) is 1. The first kappa shape index (κ1) is 12.4. The van der Waals surface area contributed by atoms with Crippen molar-refractivity contribution in [3.63, 3.8) is 0 Å². The maximum Gasteiger partial charge on any atom is 0.323 e. The van der Waals surface area contributed by atoms with Crippen molar-refractivity contribution in [1.29, 1.82) is 5.26 Å². The van der Waals surface area contributed by atoms with Gasteiger partial charge < -0.3 is 9.67 Å². The first-order valence-electron chi connectivity index (χ1n) is 6.36. The van der Waals surface area contributed by atoms with E-state index in [0.717, 1.165) is 29.5 Å². The third kappa shape index (κ3) is 1.69. The summed E-state index contributed by atoms with van der Waals surface area (Å²) in [5, 5.41) is 18.1. The van der Waals surface area contributed by atoms with Crippen molar-refractivity contribution in [2.24, 2.45) is 0 Å². The Kier molecular flexibility index (Phi) is 2.79. The third-order valence-corrected chi connectivity index (χ3v) is 3.60. The minimum absolute atomic E-state index is 0.347. The molecule has 0 fully saturated rings. The molecule has 0 radical (unpaired) electrons. The number of aliphatic carboxylic acids is 1. The van der Waals surface area contributed by atoms with E-state index in [-0.39, 0.29) is 0 Å². The predicted molar refractivity (Wildman–Crippen MR) is 69.3 cm³/mol. The number of aryl methyl sites for hydroxylation is 1. The molecule has 0 saturated heterocycles. The highest BCUT2D eigenvalue weighted by Crippen LogP contribution is 2.26. The molecule has 0 spiro atoms. The smallest absolute Gasteiger partial charge is 0.323 e. The Morgan fingerprint density at radius 3 is 3.00 bits per heavy atom. The Hall–Kier alpha value is -2.62. The number of carboxylic acids is 1.